The topological polar surface area (TPSA) is 94.3 Å². The number of aromatic nitrogens is 2. The molecule has 1 N–H and O–H groups in total. The van der Waals surface area contributed by atoms with Crippen LogP contribution in [0.15, 0.2) is 33.9 Å². The van der Waals surface area contributed by atoms with Crippen LogP contribution in [-0.2, 0) is 22.3 Å². The first kappa shape index (κ1) is 19.8. The third kappa shape index (κ3) is 5.22. The second-order valence-electron chi connectivity index (χ2n) is 5.01. The maximum absolute atomic E-state index is 12.7. The highest BCUT2D eigenvalue weighted by atomic mass is 32.2. The van der Waals surface area contributed by atoms with Gasteiger partial charge in [0.2, 0.25) is 5.89 Å². The number of methoxy groups -OCH3 is 1. The Labute approximate surface area is 150 Å². The molecule has 0 aliphatic rings. The molecule has 0 radical (unpaired) electrons. The summed E-state index contributed by atoms with van der Waals surface area (Å²) in [5.74, 6) is -1.14. The summed E-state index contributed by atoms with van der Waals surface area (Å²) < 4.78 is 47.8. The van der Waals surface area contributed by atoms with E-state index in [9.17, 15) is 22.8 Å². The molecule has 0 saturated carbocycles. The van der Waals surface area contributed by atoms with Crippen LogP contribution in [0.25, 0.3) is 0 Å². The van der Waals surface area contributed by atoms with Crippen molar-refractivity contribution in [2.24, 2.45) is 0 Å². The molecule has 1 heterocycles. The van der Waals surface area contributed by atoms with E-state index in [-0.39, 0.29) is 23.2 Å². The van der Waals surface area contributed by atoms with E-state index in [1.807, 2.05) is 0 Å². The molecule has 1 atom stereocenters. The average Bonchev–Trinajstić information content (AvgIpc) is 3.05. The number of nitrogens with zero attached hydrogens (tertiary/aromatic N) is 2. The SMILES string of the molecule is COC(=O)C(C)Sc1nnc(CNC(=O)c2cccc(C(F)(F)F)c2)o1. The van der Waals surface area contributed by atoms with E-state index < -0.39 is 28.9 Å². The number of hydrogen-bond acceptors (Lipinski definition) is 7. The fourth-order valence-electron chi connectivity index (χ4n) is 1.82. The number of rotatable bonds is 6. The number of ether oxygens (including phenoxy) is 1. The standard InChI is InChI=1S/C15H14F3N3O4S/c1-8(13(23)24-2)26-14-21-20-11(25-14)7-19-12(22)9-4-3-5-10(6-9)15(16,17)18/h3-6,8H,7H2,1-2H3,(H,19,22). The van der Waals surface area contributed by atoms with Crippen LogP contribution in [0.2, 0.25) is 0 Å². The van der Waals surface area contributed by atoms with E-state index in [0.29, 0.717) is 0 Å². The number of nitrogens with one attached hydrogen (secondary N) is 1. The number of halogens is 3. The summed E-state index contributed by atoms with van der Waals surface area (Å²) in [4.78, 5) is 23.3. The number of esters is 1. The second-order valence-corrected chi connectivity index (χ2v) is 6.30. The summed E-state index contributed by atoms with van der Waals surface area (Å²) >= 11 is 0.980. The van der Waals surface area contributed by atoms with Crippen LogP contribution in [0.3, 0.4) is 0 Å². The lowest BCUT2D eigenvalue weighted by atomic mass is 10.1. The van der Waals surface area contributed by atoms with Crippen LogP contribution < -0.4 is 5.32 Å². The van der Waals surface area contributed by atoms with Gasteiger partial charge in [0.25, 0.3) is 11.1 Å². The summed E-state index contributed by atoms with van der Waals surface area (Å²) in [5.41, 5.74) is -1.06. The van der Waals surface area contributed by atoms with Crippen molar-refractivity contribution in [1.29, 1.82) is 0 Å². The van der Waals surface area contributed by atoms with Crippen LogP contribution in [0, 0.1) is 0 Å². The van der Waals surface area contributed by atoms with Crippen LogP contribution >= 0.6 is 11.8 Å². The first-order chi connectivity index (χ1) is 12.2. The van der Waals surface area contributed by atoms with Gasteiger partial charge in [0.1, 0.15) is 5.25 Å². The van der Waals surface area contributed by atoms with Crippen LogP contribution in [0.5, 0.6) is 0 Å². The van der Waals surface area contributed by atoms with Gasteiger partial charge in [-0.25, -0.2) is 0 Å². The summed E-state index contributed by atoms with van der Waals surface area (Å²) in [5, 5.41) is 9.33. The van der Waals surface area contributed by atoms with E-state index in [1.54, 1.807) is 6.92 Å². The van der Waals surface area contributed by atoms with Gasteiger partial charge in [-0.15, -0.1) is 10.2 Å². The van der Waals surface area contributed by atoms with Gasteiger partial charge in [-0.3, -0.25) is 9.59 Å². The molecule has 0 bridgehead atoms. The third-order valence-electron chi connectivity index (χ3n) is 3.11. The lowest BCUT2D eigenvalue weighted by molar-refractivity contribution is -0.139. The number of carbonyl (C=O) groups excluding carboxylic acids is 2. The smallest absolute Gasteiger partial charge is 0.416 e. The molecule has 1 aromatic heterocycles. The van der Waals surface area contributed by atoms with E-state index >= 15 is 0 Å². The number of benzene rings is 1. The summed E-state index contributed by atoms with van der Waals surface area (Å²) in [6.07, 6.45) is -4.54. The van der Waals surface area contributed by atoms with Gasteiger partial charge in [-0.1, -0.05) is 17.8 Å². The second kappa shape index (κ2) is 8.21. The molecule has 0 fully saturated rings. The molecule has 1 unspecified atom stereocenters. The molecule has 0 aliphatic carbocycles. The van der Waals surface area contributed by atoms with Crippen molar-refractivity contribution in [3.63, 3.8) is 0 Å². The maximum Gasteiger partial charge on any atom is 0.416 e. The molecule has 2 aromatic rings. The number of hydrogen-bond donors (Lipinski definition) is 1. The van der Waals surface area contributed by atoms with Gasteiger partial charge in [-0.05, 0) is 25.1 Å². The van der Waals surface area contributed by atoms with Crippen molar-refractivity contribution in [2.75, 3.05) is 7.11 Å². The summed E-state index contributed by atoms with van der Waals surface area (Å²) in [6, 6.07) is 4.04. The highest BCUT2D eigenvalue weighted by Gasteiger charge is 2.30. The zero-order valence-electron chi connectivity index (χ0n) is 13.7. The Morgan fingerprint density at radius 3 is 2.73 bits per heavy atom. The Morgan fingerprint density at radius 1 is 1.35 bits per heavy atom. The number of carbonyl (C=O) groups is 2. The van der Waals surface area contributed by atoms with Gasteiger partial charge in [0.05, 0.1) is 19.2 Å². The lowest BCUT2D eigenvalue weighted by Gasteiger charge is -2.08. The lowest BCUT2D eigenvalue weighted by Crippen LogP contribution is -2.23. The zero-order chi connectivity index (χ0) is 19.3. The molecule has 0 aliphatic heterocycles. The minimum absolute atomic E-state index is 0.0462. The first-order valence-electron chi connectivity index (χ1n) is 7.23. The highest BCUT2D eigenvalue weighted by molar-refractivity contribution is 8.00. The molecule has 1 amide bonds. The fraction of sp³-hybridized carbons (Fsp3) is 0.333. The van der Waals surface area contributed by atoms with Gasteiger partial charge in [0.15, 0.2) is 0 Å². The highest BCUT2D eigenvalue weighted by Crippen LogP contribution is 2.29. The number of alkyl halides is 3. The third-order valence-corrected chi connectivity index (χ3v) is 4.02. The summed E-state index contributed by atoms with van der Waals surface area (Å²) in [6.45, 7) is 1.42. The average molecular weight is 389 g/mol. The van der Waals surface area contributed by atoms with Gasteiger partial charge in [0, 0.05) is 5.56 Å². The quantitative estimate of drug-likeness (QED) is 0.600. The van der Waals surface area contributed by atoms with Crippen LogP contribution in [0.4, 0.5) is 13.2 Å². The predicted octanol–water partition coefficient (Wildman–Crippen LogP) is 2.67. The number of amides is 1. The van der Waals surface area contributed by atoms with Crippen LogP contribution in [-0.4, -0.2) is 34.4 Å². The zero-order valence-corrected chi connectivity index (χ0v) is 14.5. The van der Waals surface area contributed by atoms with Gasteiger partial charge < -0.3 is 14.5 Å². The first-order valence-corrected chi connectivity index (χ1v) is 8.11. The van der Waals surface area contributed by atoms with Crippen molar-refractivity contribution in [2.45, 2.75) is 30.1 Å². The van der Waals surface area contributed by atoms with Crippen molar-refractivity contribution in [3.05, 3.63) is 41.3 Å². The fourth-order valence-corrected chi connectivity index (χ4v) is 2.54. The minimum atomic E-state index is -4.54. The molecule has 0 saturated heterocycles. The molecule has 26 heavy (non-hydrogen) atoms. The maximum atomic E-state index is 12.7. The predicted molar refractivity (Wildman–Crippen MR) is 84.2 cm³/mol. The number of thioether (sulfide) groups is 1. The monoisotopic (exact) mass is 389 g/mol. The molecule has 0 spiro atoms. The molecule has 7 nitrogen and oxygen atoms in total. The van der Waals surface area contributed by atoms with Gasteiger partial charge >= 0.3 is 12.1 Å². The van der Waals surface area contributed by atoms with Crippen molar-refractivity contribution in [3.8, 4) is 0 Å². The Bertz CT molecular complexity index is 794. The Morgan fingerprint density at radius 2 is 2.08 bits per heavy atom. The Hall–Kier alpha value is -2.56. The van der Waals surface area contributed by atoms with Crippen molar-refractivity contribution < 1.29 is 31.9 Å². The molecule has 140 valence electrons. The molecular formula is C15H14F3N3O4S. The largest absolute Gasteiger partial charge is 0.468 e. The van der Waals surface area contributed by atoms with Crippen molar-refractivity contribution >= 4 is 23.6 Å². The minimum Gasteiger partial charge on any atom is -0.468 e. The van der Waals surface area contributed by atoms with Gasteiger partial charge in [-0.2, -0.15) is 13.2 Å². The van der Waals surface area contributed by atoms with Crippen molar-refractivity contribution in [1.82, 2.24) is 15.5 Å². The van der Waals surface area contributed by atoms with E-state index in [0.717, 1.165) is 30.0 Å². The summed E-state index contributed by atoms with van der Waals surface area (Å²) in [7, 11) is 1.25. The molecule has 2 rings (SSSR count). The normalized spacial score (nSPS) is 12.5. The molecule has 11 heteroatoms. The molecule has 1 aromatic carbocycles. The van der Waals surface area contributed by atoms with E-state index in [1.165, 1.54) is 13.2 Å². The Kier molecular flexibility index (Phi) is 6.24. The molecular weight excluding hydrogens is 375 g/mol. The van der Waals surface area contributed by atoms with E-state index in [4.69, 9.17) is 4.42 Å². The van der Waals surface area contributed by atoms with E-state index in [2.05, 4.69) is 20.3 Å². The van der Waals surface area contributed by atoms with Crippen LogP contribution in [0.1, 0.15) is 28.7 Å². The Balaban J connectivity index is 1.95.